The molecule has 0 fully saturated rings. The molecule has 0 spiro atoms. The van der Waals surface area contributed by atoms with Crippen LogP contribution in [0, 0.1) is 0 Å². The molecule has 0 aliphatic rings. The van der Waals surface area contributed by atoms with E-state index in [1.807, 2.05) is 0 Å². The van der Waals surface area contributed by atoms with Crippen molar-refractivity contribution in [3.8, 4) is 0 Å². The molecule has 0 rings (SSSR count). The van der Waals surface area contributed by atoms with Crippen LogP contribution in [0.3, 0.4) is 0 Å². The number of halogens is 2. The van der Waals surface area contributed by atoms with Crippen molar-refractivity contribution in [3.05, 3.63) is 0 Å². The molecule has 0 heterocycles. The zero-order valence-electron chi connectivity index (χ0n) is 5.49. The largest absolute Gasteiger partial charge is 0.329 e. The Morgan fingerprint density at radius 3 is 1.62 bits per heavy atom. The number of hydrogen-bond donors (Lipinski definition) is 0. The first-order chi connectivity index (χ1) is 3.42. The number of rotatable bonds is 2. The van der Waals surface area contributed by atoms with Crippen molar-refractivity contribution in [1.29, 1.82) is 0 Å². The third-order valence-corrected chi connectivity index (χ3v) is 0.962. The summed E-state index contributed by atoms with van der Waals surface area (Å²) in [6.07, 6.45) is 0. The number of nitrogens with zero attached hydrogens (tertiary/aromatic N) is 1. The van der Waals surface area contributed by atoms with E-state index in [1.165, 1.54) is 0 Å². The molecule has 0 unspecified atom stereocenters. The lowest BCUT2D eigenvalue weighted by molar-refractivity contribution is -0.868. The predicted molar refractivity (Wildman–Crippen MR) is 38.4 cm³/mol. The van der Waals surface area contributed by atoms with Gasteiger partial charge in [0.2, 0.25) is 0 Å². The second kappa shape index (κ2) is 2.90. The lowest BCUT2D eigenvalue weighted by atomic mass is 10.6. The van der Waals surface area contributed by atoms with Crippen LogP contribution in [0.15, 0.2) is 0 Å². The fourth-order valence-electron chi connectivity index (χ4n) is 0.414. The summed E-state index contributed by atoms with van der Waals surface area (Å²) in [5, 5.41) is 0. The van der Waals surface area contributed by atoms with Crippen molar-refractivity contribution in [3.63, 3.8) is 0 Å². The van der Waals surface area contributed by atoms with Crippen molar-refractivity contribution >= 4 is 23.2 Å². The Labute approximate surface area is 60.8 Å². The Kier molecular flexibility index (Phi) is 3.10. The van der Waals surface area contributed by atoms with E-state index in [0.717, 1.165) is 11.0 Å². The van der Waals surface area contributed by atoms with Crippen LogP contribution in [-0.4, -0.2) is 37.0 Å². The van der Waals surface area contributed by atoms with Gasteiger partial charge >= 0.3 is 0 Å². The van der Waals surface area contributed by atoms with Crippen LogP contribution >= 0.6 is 23.2 Å². The van der Waals surface area contributed by atoms with Crippen LogP contribution < -0.4 is 0 Å². The lowest BCUT2D eigenvalue weighted by Gasteiger charge is -2.23. The topological polar surface area (TPSA) is 0 Å². The van der Waals surface area contributed by atoms with Gasteiger partial charge < -0.3 is 4.48 Å². The Bertz CT molecular complexity index is 65.3. The van der Waals surface area contributed by atoms with Crippen LogP contribution in [0.2, 0.25) is 0 Å². The summed E-state index contributed by atoms with van der Waals surface area (Å²) in [5.41, 5.74) is 0. The minimum Gasteiger partial charge on any atom is -0.329 e. The van der Waals surface area contributed by atoms with Gasteiger partial charge in [-0.25, -0.2) is 0 Å². The number of hydrogen-bond acceptors (Lipinski definition) is 0. The van der Waals surface area contributed by atoms with E-state index in [0.29, 0.717) is 0 Å². The molecule has 8 heavy (non-hydrogen) atoms. The highest BCUT2D eigenvalue weighted by molar-refractivity contribution is 6.44. The minimum absolute atomic E-state index is 0.241. The maximum absolute atomic E-state index is 5.51. The fraction of sp³-hybridized carbons (Fsp3) is 1.00. The van der Waals surface area contributed by atoms with Crippen molar-refractivity contribution in [2.75, 3.05) is 27.7 Å². The Hall–Kier alpha value is 0.540. The Morgan fingerprint density at radius 2 is 1.62 bits per heavy atom. The van der Waals surface area contributed by atoms with Gasteiger partial charge in [0.05, 0.1) is 21.1 Å². The van der Waals surface area contributed by atoms with E-state index in [4.69, 9.17) is 23.2 Å². The maximum atomic E-state index is 5.51. The molecule has 3 heteroatoms. The van der Waals surface area contributed by atoms with Gasteiger partial charge in [-0.05, 0) is 0 Å². The first-order valence-electron chi connectivity index (χ1n) is 2.50. The highest BCUT2D eigenvalue weighted by Gasteiger charge is 2.11. The molecular weight excluding hydrogens is 145 g/mol. The molecule has 0 saturated carbocycles. The highest BCUT2D eigenvalue weighted by Crippen LogP contribution is 2.05. The monoisotopic (exact) mass is 156 g/mol. The van der Waals surface area contributed by atoms with Crippen molar-refractivity contribution in [2.24, 2.45) is 0 Å². The lowest BCUT2D eigenvalue weighted by Crippen LogP contribution is -2.38. The van der Waals surface area contributed by atoms with E-state index >= 15 is 0 Å². The van der Waals surface area contributed by atoms with Crippen molar-refractivity contribution in [1.82, 2.24) is 0 Å². The van der Waals surface area contributed by atoms with Gasteiger partial charge in [0.1, 0.15) is 6.54 Å². The summed E-state index contributed by atoms with van der Waals surface area (Å²) in [6.45, 7) is 0.795. The standard InChI is InChI=1S/C5H12Cl2N/c1-8(2,3)4-5(6)7/h5H,4H2,1-3H3/q+1. The van der Waals surface area contributed by atoms with Gasteiger partial charge in [0.25, 0.3) is 0 Å². The molecule has 0 aromatic rings. The molecule has 0 aliphatic carbocycles. The van der Waals surface area contributed by atoms with Gasteiger partial charge in [-0.15, -0.1) is 0 Å². The van der Waals surface area contributed by atoms with E-state index in [-0.39, 0.29) is 4.84 Å². The Balaban J connectivity index is 3.39. The molecule has 0 aromatic heterocycles. The zero-order valence-corrected chi connectivity index (χ0v) is 7.00. The third kappa shape index (κ3) is 6.54. The summed E-state index contributed by atoms with van der Waals surface area (Å²) < 4.78 is 0.817. The fourth-order valence-corrected chi connectivity index (χ4v) is 1.24. The third-order valence-electron chi connectivity index (χ3n) is 0.686. The van der Waals surface area contributed by atoms with Gasteiger partial charge in [-0.2, -0.15) is 0 Å². The second-order valence-electron chi connectivity index (χ2n) is 2.86. The molecule has 0 N–H and O–H groups in total. The Morgan fingerprint density at radius 1 is 1.25 bits per heavy atom. The first kappa shape index (κ1) is 8.54. The summed E-state index contributed by atoms with van der Waals surface area (Å²) in [7, 11) is 6.16. The SMILES string of the molecule is C[N+](C)(C)CC(Cl)Cl. The summed E-state index contributed by atoms with van der Waals surface area (Å²) in [5.74, 6) is 0. The summed E-state index contributed by atoms with van der Waals surface area (Å²) in [4.78, 5) is -0.241. The minimum atomic E-state index is -0.241. The van der Waals surface area contributed by atoms with Gasteiger partial charge in [0, 0.05) is 0 Å². The molecule has 0 aromatic carbocycles. The van der Waals surface area contributed by atoms with Gasteiger partial charge in [-0.3, -0.25) is 0 Å². The van der Waals surface area contributed by atoms with Gasteiger partial charge in [0.15, 0.2) is 4.84 Å². The summed E-state index contributed by atoms with van der Waals surface area (Å²) >= 11 is 11.0. The van der Waals surface area contributed by atoms with E-state index in [9.17, 15) is 0 Å². The molecule has 0 amide bonds. The van der Waals surface area contributed by atoms with Crippen LogP contribution in [0.4, 0.5) is 0 Å². The summed E-state index contributed by atoms with van der Waals surface area (Å²) in [6, 6.07) is 0. The first-order valence-corrected chi connectivity index (χ1v) is 3.38. The maximum Gasteiger partial charge on any atom is 0.156 e. The highest BCUT2D eigenvalue weighted by atomic mass is 35.5. The molecule has 50 valence electrons. The number of quaternary nitrogens is 1. The molecule has 0 saturated heterocycles. The molecular formula is C5H12Cl2N+. The predicted octanol–water partition coefficient (Wildman–Crippen LogP) is 1.50. The van der Waals surface area contributed by atoms with Crippen LogP contribution in [-0.2, 0) is 0 Å². The van der Waals surface area contributed by atoms with E-state index in [2.05, 4.69) is 21.1 Å². The van der Waals surface area contributed by atoms with E-state index in [1.54, 1.807) is 0 Å². The molecule has 1 nitrogen and oxygen atoms in total. The second-order valence-corrected chi connectivity index (χ2v) is 4.14. The number of alkyl halides is 2. The van der Waals surface area contributed by atoms with Gasteiger partial charge in [-0.1, -0.05) is 23.2 Å². The normalized spacial score (nSPS) is 12.8. The van der Waals surface area contributed by atoms with E-state index < -0.39 is 0 Å². The van der Waals surface area contributed by atoms with Crippen LogP contribution in [0.25, 0.3) is 0 Å². The quantitative estimate of drug-likeness (QED) is 0.421. The average Bonchev–Trinajstić information content (AvgIpc) is 1.21. The molecule has 0 bridgehead atoms. The zero-order chi connectivity index (χ0) is 6.78. The van der Waals surface area contributed by atoms with Crippen LogP contribution in [0.1, 0.15) is 0 Å². The average molecular weight is 157 g/mol. The molecule has 0 atom stereocenters. The molecule has 0 radical (unpaired) electrons. The van der Waals surface area contributed by atoms with Crippen LogP contribution in [0.5, 0.6) is 0 Å². The smallest absolute Gasteiger partial charge is 0.156 e. The van der Waals surface area contributed by atoms with Crippen molar-refractivity contribution < 1.29 is 4.48 Å². The van der Waals surface area contributed by atoms with Crippen molar-refractivity contribution in [2.45, 2.75) is 4.84 Å². The molecule has 0 aliphatic heterocycles.